The molecule has 0 unspecified atom stereocenters. The summed E-state index contributed by atoms with van der Waals surface area (Å²) in [5, 5.41) is 2.23. The van der Waals surface area contributed by atoms with Crippen LogP contribution in [0, 0.1) is 12.8 Å². The molecule has 0 bridgehead atoms. The summed E-state index contributed by atoms with van der Waals surface area (Å²) in [4.78, 5) is 26.8. The number of rotatable bonds is 13. The van der Waals surface area contributed by atoms with Crippen molar-refractivity contribution < 1.29 is 13.9 Å². The first-order valence-corrected chi connectivity index (χ1v) is 18.1. The van der Waals surface area contributed by atoms with Crippen LogP contribution in [0.15, 0.2) is 107 Å². The van der Waals surface area contributed by atoms with Crippen LogP contribution in [0.1, 0.15) is 57.4 Å². The van der Waals surface area contributed by atoms with Crippen LogP contribution < -0.4 is 21.6 Å². The molecule has 9 heteroatoms. The van der Waals surface area contributed by atoms with Gasteiger partial charge in [0.2, 0.25) is 0 Å². The van der Waals surface area contributed by atoms with Crippen LogP contribution in [-0.4, -0.2) is 38.0 Å². The molecule has 0 N–H and O–H groups in total. The summed E-state index contributed by atoms with van der Waals surface area (Å²) >= 11 is 0. The number of benzene rings is 3. The largest absolute Gasteiger partial charge is 0.405 e. The van der Waals surface area contributed by atoms with E-state index in [0.29, 0.717) is 31.5 Å². The first-order valence-electron chi connectivity index (χ1n) is 16.2. The summed E-state index contributed by atoms with van der Waals surface area (Å²) in [6.45, 7) is 9.03. The molecule has 46 heavy (non-hydrogen) atoms. The summed E-state index contributed by atoms with van der Waals surface area (Å²) in [7, 11) is 3.15. The number of hydrogen-bond acceptors (Lipinski definition) is 5. The van der Waals surface area contributed by atoms with E-state index in [4.69, 9.17) is 21.7 Å². The highest BCUT2D eigenvalue weighted by Gasteiger charge is 2.51. The third kappa shape index (κ3) is 7.23. The van der Waals surface area contributed by atoms with E-state index in [1.165, 1.54) is 10.4 Å². The van der Waals surface area contributed by atoms with Crippen LogP contribution >= 0.6 is 0 Å². The lowest BCUT2D eigenvalue weighted by Crippen LogP contribution is -2.67. The van der Waals surface area contributed by atoms with Crippen molar-refractivity contribution in [3.05, 3.63) is 129 Å². The van der Waals surface area contributed by atoms with Crippen molar-refractivity contribution in [2.45, 2.75) is 84.0 Å². The second-order valence-electron chi connectivity index (χ2n) is 13.2. The Labute approximate surface area is 274 Å². The zero-order valence-corrected chi connectivity index (χ0v) is 28.4. The number of hydrogen-bond donors (Lipinski definition) is 0. The van der Waals surface area contributed by atoms with Gasteiger partial charge in [-0.3, -0.25) is 9.36 Å². The Morgan fingerprint density at radius 2 is 1.50 bits per heavy atom. The highest BCUT2D eigenvalue weighted by atomic mass is 28.4. The van der Waals surface area contributed by atoms with Crippen molar-refractivity contribution in [2.24, 2.45) is 5.92 Å². The van der Waals surface area contributed by atoms with E-state index in [9.17, 15) is 9.59 Å². The molecular formula is C37H45BN2O5Si. The van der Waals surface area contributed by atoms with Gasteiger partial charge in [0.25, 0.3) is 13.9 Å². The van der Waals surface area contributed by atoms with E-state index in [0.717, 1.165) is 23.0 Å². The highest BCUT2D eigenvalue weighted by molar-refractivity contribution is 6.99. The lowest BCUT2D eigenvalue weighted by atomic mass is 9.90. The van der Waals surface area contributed by atoms with Crippen LogP contribution in [0.4, 0.5) is 0 Å². The fourth-order valence-corrected chi connectivity index (χ4v) is 11.3. The minimum absolute atomic E-state index is 0.133. The van der Waals surface area contributed by atoms with Crippen LogP contribution in [-0.2, 0) is 27.2 Å². The molecule has 4 aromatic rings. The Balaban J connectivity index is 1.43. The Morgan fingerprint density at radius 1 is 0.913 bits per heavy atom. The van der Waals surface area contributed by atoms with E-state index in [1.54, 1.807) is 17.7 Å². The summed E-state index contributed by atoms with van der Waals surface area (Å²) in [5.41, 5.74) is 0.615. The maximum absolute atomic E-state index is 13.7. The summed E-state index contributed by atoms with van der Waals surface area (Å²) < 4.78 is 22.5. The second-order valence-corrected chi connectivity index (χ2v) is 17.5. The van der Waals surface area contributed by atoms with Crippen LogP contribution in [0.2, 0.25) is 11.4 Å². The molecule has 2 heterocycles. The minimum Gasteiger partial charge on any atom is -0.405 e. The molecule has 0 spiro atoms. The van der Waals surface area contributed by atoms with Gasteiger partial charge in [0.1, 0.15) is 13.0 Å². The van der Waals surface area contributed by atoms with Crippen molar-refractivity contribution in [2.75, 3.05) is 6.61 Å². The first kappa shape index (κ1) is 33.9. The minimum atomic E-state index is -2.79. The molecule has 2 radical (unpaired) electrons. The lowest BCUT2D eigenvalue weighted by Gasteiger charge is -2.43. The molecule has 3 atom stereocenters. The number of nitrogens with zero attached hydrogens (tertiary/aromatic N) is 2. The number of aromatic nitrogens is 2. The van der Waals surface area contributed by atoms with Crippen LogP contribution in [0.5, 0.6) is 0 Å². The van der Waals surface area contributed by atoms with Crippen molar-refractivity contribution in [3.8, 4) is 0 Å². The van der Waals surface area contributed by atoms with E-state index in [-0.39, 0.29) is 29.4 Å². The smallest absolute Gasteiger partial charge is 0.335 e. The molecule has 0 amide bonds. The molecular weight excluding hydrogens is 591 g/mol. The van der Waals surface area contributed by atoms with Gasteiger partial charge in [-0.25, -0.2) is 9.36 Å². The van der Waals surface area contributed by atoms with Crippen molar-refractivity contribution in [3.63, 3.8) is 0 Å². The Bertz CT molecular complexity index is 1630. The zero-order chi connectivity index (χ0) is 32.7. The van der Waals surface area contributed by atoms with Gasteiger partial charge >= 0.3 is 5.69 Å². The van der Waals surface area contributed by atoms with Gasteiger partial charge in [0.15, 0.2) is 0 Å². The molecule has 1 saturated heterocycles. The Kier molecular flexibility index (Phi) is 11.0. The summed E-state index contributed by atoms with van der Waals surface area (Å²) in [5.74, 6) is 0.133. The lowest BCUT2D eigenvalue weighted by molar-refractivity contribution is -0.0319. The highest BCUT2D eigenvalue weighted by Crippen LogP contribution is 2.40. The van der Waals surface area contributed by atoms with Crippen LogP contribution in [0.25, 0.3) is 0 Å². The maximum Gasteiger partial charge on any atom is 0.335 e. The van der Waals surface area contributed by atoms with Gasteiger partial charge in [-0.05, 0) is 46.7 Å². The van der Waals surface area contributed by atoms with Gasteiger partial charge in [-0.15, -0.1) is 0 Å². The van der Waals surface area contributed by atoms with E-state index in [1.807, 2.05) is 42.5 Å². The van der Waals surface area contributed by atoms with Gasteiger partial charge in [-0.2, -0.15) is 0 Å². The molecule has 1 fully saturated rings. The molecule has 7 nitrogen and oxygen atoms in total. The first-order chi connectivity index (χ1) is 22.2. The van der Waals surface area contributed by atoms with E-state index in [2.05, 4.69) is 69.3 Å². The van der Waals surface area contributed by atoms with E-state index < -0.39 is 20.2 Å². The van der Waals surface area contributed by atoms with Gasteiger partial charge in [-0.1, -0.05) is 125 Å². The topological polar surface area (TPSA) is 71.7 Å². The SMILES string of the molecule is [B]CCC[C@H]1C[C@H](n2cc(C)c(=O)n(COCc3ccccc3)c2=O)O[C@@H]1CO[Si](c1ccccc1)(c1ccccc1)C(C)(C)C. The van der Waals surface area contributed by atoms with Crippen LogP contribution in [0.3, 0.4) is 0 Å². The van der Waals surface area contributed by atoms with Crippen molar-refractivity contribution in [1.29, 1.82) is 0 Å². The standard InChI is InChI=1S/C37H45BN2O5Si/c1-28-24-39(36(42)40(35(28)41)27-43-25-29-15-8-5-9-16-29)34-23-30(17-14-22-38)33(45-34)26-44-46(37(2,3)4,31-18-10-6-11-19-31)32-20-12-7-13-21-32/h5-13,15-16,18-21,24,30,33-34H,14,17,22-23,25-27H2,1-4H3/t30-,33+,34+/m0/s1. The molecule has 0 saturated carbocycles. The molecule has 1 aromatic heterocycles. The predicted molar refractivity (Wildman–Crippen MR) is 186 cm³/mol. The average Bonchev–Trinajstić information content (AvgIpc) is 3.47. The zero-order valence-electron chi connectivity index (χ0n) is 27.4. The second kappa shape index (κ2) is 14.9. The van der Waals surface area contributed by atoms with Gasteiger partial charge < -0.3 is 13.9 Å². The summed E-state index contributed by atoms with van der Waals surface area (Å²) in [6, 6.07) is 30.8. The maximum atomic E-state index is 13.7. The normalized spacial score (nSPS) is 18.6. The Hall–Kier alpha value is -3.50. The fourth-order valence-electron chi connectivity index (χ4n) is 6.69. The predicted octanol–water partition coefficient (Wildman–Crippen LogP) is 5.34. The number of ether oxygens (including phenoxy) is 2. The van der Waals surface area contributed by atoms with Gasteiger partial charge in [0.05, 0.1) is 27.2 Å². The summed E-state index contributed by atoms with van der Waals surface area (Å²) in [6.07, 6.45) is 3.73. The van der Waals surface area contributed by atoms with Crippen molar-refractivity contribution in [1.82, 2.24) is 9.13 Å². The molecule has 240 valence electrons. The molecule has 3 aromatic carbocycles. The molecule has 0 aliphatic carbocycles. The van der Waals surface area contributed by atoms with Gasteiger partial charge in [0, 0.05) is 11.8 Å². The van der Waals surface area contributed by atoms with Crippen molar-refractivity contribution >= 4 is 26.5 Å². The van der Waals surface area contributed by atoms with E-state index >= 15 is 0 Å². The third-order valence-electron chi connectivity index (χ3n) is 9.03. The molecule has 1 aliphatic heterocycles. The average molecular weight is 637 g/mol. The fraction of sp³-hybridized carbons (Fsp3) is 0.405. The molecule has 5 rings (SSSR count). The quantitative estimate of drug-likeness (QED) is 0.186. The Morgan fingerprint density at radius 3 is 2.07 bits per heavy atom. The molecule has 1 aliphatic rings. The monoisotopic (exact) mass is 636 g/mol. The number of aryl methyl sites for hydroxylation is 1. The third-order valence-corrected chi connectivity index (χ3v) is 14.0.